The van der Waals surface area contributed by atoms with Gasteiger partial charge in [0.15, 0.2) is 0 Å². The Morgan fingerprint density at radius 2 is 1.69 bits per heavy atom. The molecule has 1 aromatic rings. The Hall–Kier alpha value is -0.790. The average Bonchev–Trinajstić information content (AvgIpc) is 2.74. The number of rotatable bonds is 9. The monoisotopic (exact) mass is 223 g/mol. The predicted octanol–water partition coefficient (Wildman–Crippen LogP) is 3.55. The molecule has 0 spiro atoms. The SMILES string of the molecule is CCCCCCCn1cc[n+](CCCC)c1. The van der Waals surface area contributed by atoms with Gasteiger partial charge in [0, 0.05) is 0 Å². The first-order valence-corrected chi connectivity index (χ1v) is 6.91. The van der Waals surface area contributed by atoms with Gasteiger partial charge in [0.05, 0.1) is 13.1 Å². The maximum Gasteiger partial charge on any atom is 0.243 e. The van der Waals surface area contributed by atoms with E-state index >= 15 is 0 Å². The molecule has 0 saturated carbocycles. The van der Waals surface area contributed by atoms with Crippen LogP contribution in [-0.2, 0) is 13.1 Å². The van der Waals surface area contributed by atoms with Crippen LogP contribution >= 0.6 is 0 Å². The number of aryl methyl sites for hydroxylation is 2. The molecular formula is C14H27N2+. The molecule has 92 valence electrons. The van der Waals surface area contributed by atoms with Gasteiger partial charge in [-0.3, -0.25) is 0 Å². The summed E-state index contributed by atoms with van der Waals surface area (Å²) in [7, 11) is 0. The third-order valence-electron chi connectivity index (χ3n) is 3.04. The first kappa shape index (κ1) is 13.3. The normalized spacial score (nSPS) is 10.9. The molecule has 0 aliphatic carbocycles. The van der Waals surface area contributed by atoms with Crippen LogP contribution in [0.15, 0.2) is 18.7 Å². The summed E-state index contributed by atoms with van der Waals surface area (Å²) < 4.78 is 4.62. The maximum atomic E-state index is 2.32. The zero-order chi connectivity index (χ0) is 11.6. The largest absolute Gasteiger partial charge is 0.243 e. The minimum atomic E-state index is 1.17. The highest BCUT2D eigenvalue weighted by molar-refractivity contribution is 4.66. The van der Waals surface area contributed by atoms with Gasteiger partial charge in [-0.05, 0) is 19.3 Å². The second kappa shape index (κ2) is 8.37. The Kier molecular flexibility index (Phi) is 6.95. The Labute approximate surface area is 100 Å². The fourth-order valence-corrected chi connectivity index (χ4v) is 1.94. The number of nitrogens with zero attached hydrogens (tertiary/aromatic N) is 2. The molecular weight excluding hydrogens is 196 g/mol. The maximum absolute atomic E-state index is 2.32. The minimum Gasteiger partial charge on any atom is -0.237 e. The van der Waals surface area contributed by atoms with Crippen LogP contribution in [0.25, 0.3) is 0 Å². The standard InChI is InChI=1S/C14H27N2/c1-3-5-7-8-9-11-16-13-12-15(14-16)10-6-4-2/h12-14H,3-11H2,1-2H3/q+1. The van der Waals surface area contributed by atoms with E-state index in [0.717, 1.165) is 0 Å². The van der Waals surface area contributed by atoms with Crippen molar-refractivity contribution in [3.63, 3.8) is 0 Å². The first-order chi connectivity index (χ1) is 7.86. The summed E-state index contributed by atoms with van der Waals surface area (Å²) in [5.74, 6) is 0. The quantitative estimate of drug-likeness (QED) is 0.447. The van der Waals surface area contributed by atoms with Gasteiger partial charge in [-0.2, -0.15) is 0 Å². The molecule has 1 rings (SSSR count). The number of unbranched alkanes of at least 4 members (excludes halogenated alkanes) is 5. The number of hydrogen-bond acceptors (Lipinski definition) is 0. The van der Waals surface area contributed by atoms with Gasteiger partial charge in [-0.25, -0.2) is 9.13 Å². The predicted molar refractivity (Wildman–Crippen MR) is 68.3 cm³/mol. The van der Waals surface area contributed by atoms with Crippen molar-refractivity contribution in [3.8, 4) is 0 Å². The highest BCUT2D eigenvalue weighted by atomic mass is 15.1. The van der Waals surface area contributed by atoms with Crippen LogP contribution in [0.5, 0.6) is 0 Å². The van der Waals surface area contributed by atoms with E-state index in [2.05, 4.69) is 41.7 Å². The van der Waals surface area contributed by atoms with E-state index in [4.69, 9.17) is 0 Å². The fraction of sp³-hybridized carbons (Fsp3) is 0.786. The lowest BCUT2D eigenvalue weighted by Gasteiger charge is -1.97. The van der Waals surface area contributed by atoms with Crippen molar-refractivity contribution in [3.05, 3.63) is 18.7 Å². The molecule has 0 aromatic carbocycles. The summed E-state index contributed by atoms with van der Waals surface area (Å²) in [5, 5.41) is 0. The fourth-order valence-electron chi connectivity index (χ4n) is 1.94. The van der Waals surface area contributed by atoms with E-state index < -0.39 is 0 Å². The molecule has 2 nitrogen and oxygen atoms in total. The lowest BCUT2D eigenvalue weighted by molar-refractivity contribution is -0.696. The topological polar surface area (TPSA) is 8.81 Å². The zero-order valence-corrected chi connectivity index (χ0v) is 11.0. The van der Waals surface area contributed by atoms with Crippen LogP contribution < -0.4 is 4.57 Å². The number of imidazole rings is 1. The second-order valence-corrected chi connectivity index (χ2v) is 4.66. The van der Waals surface area contributed by atoms with Crippen molar-refractivity contribution in [2.45, 2.75) is 71.9 Å². The van der Waals surface area contributed by atoms with E-state index in [1.165, 1.54) is 58.0 Å². The molecule has 16 heavy (non-hydrogen) atoms. The average molecular weight is 223 g/mol. The Bertz CT molecular complexity index is 265. The lowest BCUT2D eigenvalue weighted by Crippen LogP contribution is -2.30. The summed E-state index contributed by atoms with van der Waals surface area (Å²) >= 11 is 0. The third-order valence-corrected chi connectivity index (χ3v) is 3.04. The molecule has 0 amide bonds. The molecule has 0 atom stereocenters. The van der Waals surface area contributed by atoms with Gasteiger partial charge in [0.1, 0.15) is 12.4 Å². The van der Waals surface area contributed by atoms with E-state index in [-0.39, 0.29) is 0 Å². The number of aromatic nitrogens is 2. The molecule has 0 unspecified atom stereocenters. The molecule has 0 radical (unpaired) electrons. The summed E-state index contributed by atoms with van der Waals surface area (Å²) in [4.78, 5) is 0. The first-order valence-electron chi connectivity index (χ1n) is 6.91. The van der Waals surface area contributed by atoms with Crippen LogP contribution in [-0.4, -0.2) is 4.57 Å². The van der Waals surface area contributed by atoms with Crippen molar-refractivity contribution in [1.29, 1.82) is 0 Å². The summed E-state index contributed by atoms with van der Waals surface area (Å²) in [6, 6.07) is 0. The van der Waals surface area contributed by atoms with Crippen molar-refractivity contribution < 1.29 is 4.57 Å². The van der Waals surface area contributed by atoms with E-state index in [1.807, 2.05) is 0 Å². The van der Waals surface area contributed by atoms with Gasteiger partial charge < -0.3 is 0 Å². The van der Waals surface area contributed by atoms with Crippen molar-refractivity contribution in [2.24, 2.45) is 0 Å². The van der Waals surface area contributed by atoms with Crippen LogP contribution in [0.4, 0.5) is 0 Å². The van der Waals surface area contributed by atoms with Crippen LogP contribution in [0.2, 0.25) is 0 Å². The van der Waals surface area contributed by atoms with Gasteiger partial charge in [-0.15, -0.1) is 0 Å². The van der Waals surface area contributed by atoms with E-state index in [9.17, 15) is 0 Å². The zero-order valence-electron chi connectivity index (χ0n) is 11.0. The van der Waals surface area contributed by atoms with Gasteiger partial charge in [0.2, 0.25) is 6.33 Å². The van der Waals surface area contributed by atoms with Crippen LogP contribution in [0.1, 0.15) is 58.8 Å². The lowest BCUT2D eigenvalue weighted by atomic mass is 10.1. The Morgan fingerprint density at radius 1 is 0.938 bits per heavy atom. The van der Waals surface area contributed by atoms with E-state index in [1.54, 1.807) is 0 Å². The Morgan fingerprint density at radius 3 is 2.44 bits per heavy atom. The summed E-state index contributed by atoms with van der Waals surface area (Å²) in [6.45, 7) is 6.86. The van der Waals surface area contributed by atoms with E-state index in [0.29, 0.717) is 0 Å². The summed E-state index contributed by atoms with van der Waals surface area (Å²) in [5.41, 5.74) is 0. The molecule has 0 N–H and O–H groups in total. The molecule has 1 heterocycles. The van der Waals surface area contributed by atoms with Crippen LogP contribution in [0.3, 0.4) is 0 Å². The highest BCUT2D eigenvalue weighted by Gasteiger charge is 2.02. The molecule has 2 heteroatoms. The highest BCUT2D eigenvalue weighted by Crippen LogP contribution is 2.03. The molecule has 0 bridgehead atoms. The molecule has 0 saturated heterocycles. The minimum absolute atomic E-state index is 1.17. The molecule has 0 aliphatic rings. The molecule has 1 aromatic heterocycles. The van der Waals surface area contributed by atoms with Crippen molar-refractivity contribution in [2.75, 3.05) is 0 Å². The Balaban J connectivity index is 2.14. The third kappa shape index (κ3) is 5.34. The second-order valence-electron chi connectivity index (χ2n) is 4.66. The van der Waals surface area contributed by atoms with Crippen LogP contribution in [0, 0.1) is 0 Å². The smallest absolute Gasteiger partial charge is 0.237 e. The number of hydrogen-bond donors (Lipinski definition) is 0. The van der Waals surface area contributed by atoms with Gasteiger partial charge in [0.25, 0.3) is 0 Å². The molecule has 0 fully saturated rings. The van der Waals surface area contributed by atoms with Gasteiger partial charge in [-0.1, -0.05) is 39.5 Å². The summed E-state index contributed by atoms with van der Waals surface area (Å²) in [6.07, 6.45) is 16.0. The van der Waals surface area contributed by atoms with Crippen molar-refractivity contribution >= 4 is 0 Å². The van der Waals surface area contributed by atoms with Gasteiger partial charge >= 0.3 is 0 Å². The van der Waals surface area contributed by atoms with Crippen molar-refractivity contribution in [1.82, 2.24) is 4.57 Å². The molecule has 0 aliphatic heterocycles.